The van der Waals surface area contributed by atoms with Crippen LogP contribution in [0.1, 0.15) is 69.3 Å². The first-order chi connectivity index (χ1) is 20.9. The predicted octanol–water partition coefficient (Wildman–Crippen LogP) is 5.67. The Labute approximate surface area is 259 Å². The summed E-state index contributed by atoms with van der Waals surface area (Å²) in [7, 11) is 0. The van der Waals surface area contributed by atoms with Gasteiger partial charge in [-0.05, 0) is 49.9 Å². The number of aromatic amines is 1. The molecule has 0 aliphatic carbocycles. The second kappa shape index (κ2) is 15.4. The summed E-state index contributed by atoms with van der Waals surface area (Å²) in [5, 5.41) is 17.3. The van der Waals surface area contributed by atoms with E-state index in [0.29, 0.717) is 11.3 Å². The molecule has 4 N–H and O–H groups in total. The number of nitrogens with one attached hydrogen (secondary N) is 2. The molecule has 252 valence electrons. The Bertz CT molecular complexity index is 1420. The Morgan fingerprint density at radius 2 is 1.33 bits per heavy atom. The highest BCUT2D eigenvalue weighted by molar-refractivity contribution is 6.08. The number of anilines is 1. The van der Waals surface area contributed by atoms with E-state index in [1.54, 1.807) is 30.7 Å². The minimum atomic E-state index is -5.08. The van der Waals surface area contributed by atoms with Crippen molar-refractivity contribution in [3.05, 3.63) is 78.1 Å². The molecule has 2 aromatic heterocycles. The van der Waals surface area contributed by atoms with Gasteiger partial charge in [0, 0.05) is 41.6 Å². The number of aliphatic carboxylic acids is 2. The van der Waals surface area contributed by atoms with Gasteiger partial charge in [-0.1, -0.05) is 39.0 Å². The van der Waals surface area contributed by atoms with E-state index in [-0.39, 0.29) is 17.1 Å². The first-order valence-electron chi connectivity index (χ1n) is 13.1. The van der Waals surface area contributed by atoms with Gasteiger partial charge in [0.15, 0.2) is 5.82 Å². The lowest BCUT2D eigenvalue weighted by atomic mass is 9.87. The number of carboxylic acid groups (broad SMARTS) is 2. The monoisotopic (exact) mass is 661 g/mol. The summed E-state index contributed by atoms with van der Waals surface area (Å²) >= 11 is 0. The van der Waals surface area contributed by atoms with Crippen LogP contribution in [0.5, 0.6) is 0 Å². The highest BCUT2D eigenvalue weighted by atomic mass is 19.4. The van der Waals surface area contributed by atoms with Crippen LogP contribution in [0.4, 0.5) is 32.0 Å². The van der Waals surface area contributed by atoms with Crippen molar-refractivity contribution < 1.29 is 55.7 Å². The normalized spacial score (nSPS) is 12.3. The predicted molar refractivity (Wildman–Crippen MR) is 153 cm³/mol. The third kappa shape index (κ3) is 12.6. The molecule has 0 bridgehead atoms. The van der Waals surface area contributed by atoms with E-state index in [1.807, 2.05) is 45.0 Å². The number of imidazole rings is 1. The standard InChI is InChI=1S/C25H31N5O2.2C2HF3O2/c1-24(2,3)18-9-11-19(12-10-18)30(23(32)21-27-14-15-28-21)20(17-8-7-13-26-16-17)22(31)29-25(4,5)6;2*3-2(4,5)1(6)7/h7-16,20H,1-6H3,(H,27,28)(H,29,31);2*(H,6,7). The Balaban J connectivity index is 0.000000629. The lowest BCUT2D eigenvalue weighted by Gasteiger charge is -2.33. The minimum absolute atomic E-state index is 0.0409. The molecule has 0 saturated carbocycles. The van der Waals surface area contributed by atoms with Crippen molar-refractivity contribution in [3.8, 4) is 0 Å². The summed E-state index contributed by atoms with van der Waals surface area (Å²) in [4.78, 5) is 57.6. The Kier molecular flexibility index (Phi) is 13.0. The summed E-state index contributed by atoms with van der Waals surface area (Å²) in [5.74, 6) is -6.07. The van der Waals surface area contributed by atoms with Gasteiger partial charge in [-0.2, -0.15) is 26.3 Å². The summed E-state index contributed by atoms with van der Waals surface area (Å²) in [6.07, 6.45) is -3.82. The van der Waals surface area contributed by atoms with Gasteiger partial charge in [0.1, 0.15) is 6.04 Å². The molecule has 3 aromatic rings. The van der Waals surface area contributed by atoms with Gasteiger partial charge in [0.05, 0.1) is 0 Å². The van der Waals surface area contributed by atoms with Gasteiger partial charge >= 0.3 is 24.3 Å². The highest BCUT2D eigenvalue weighted by Crippen LogP contribution is 2.32. The molecule has 0 aliphatic heterocycles. The molecule has 0 spiro atoms. The van der Waals surface area contributed by atoms with E-state index in [0.717, 1.165) is 5.56 Å². The summed E-state index contributed by atoms with van der Waals surface area (Å²) < 4.78 is 63.5. The Morgan fingerprint density at radius 3 is 1.67 bits per heavy atom. The number of benzene rings is 1. The average molecular weight is 662 g/mol. The van der Waals surface area contributed by atoms with E-state index in [2.05, 4.69) is 41.0 Å². The molecule has 2 amide bonds. The van der Waals surface area contributed by atoms with Gasteiger partial charge in [-0.3, -0.25) is 19.5 Å². The minimum Gasteiger partial charge on any atom is -0.475 e. The number of hydrogen-bond acceptors (Lipinski definition) is 6. The SMILES string of the molecule is CC(C)(C)NC(=O)C(c1cccnc1)N(C(=O)c1ncc[nH]1)c1ccc(C(C)(C)C)cc1.O=C(O)C(F)(F)F.O=C(O)C(F)(F)F. The van der Waals surface area contributed by atoms with Crippen molar-refractivity contribution in [2.24, 2.45) is 0 Å². The van der Waals surface area contributed by atoms with Crippen LogP contribution >= 0.6 is 0 Å². The molecule has 1 aromatic carbocycles. The fraction of sp³-hybridized carbons (Fsp3) is 0.379. The third-order valence-corrected chi connectivity index (χ3v) is 5.42. The lowest BCUT2D eigenvalue weighted by molar-refractivity contribution is -0.193. The number of hydrogen-bond donors (Lipinski definition) is 4. The van der Waals surface area contributed by atoms with E-state index >= 15 is 0 Å². The van der Waals surface area contributed by atoms with Crippen molar-refractivity contribution in [2.45, 2.75) is 70.9 Å². The third-order valence-electron chi connectivity index (χ3n) is 5.42. The van der Waals surface area contributed by atoms with Crippen LogP contribution in [-0.4, -0.2) is 66.8 Å². The molecule has 0 radical (unpaired) electrons. The molecule has 11 nitrogen and oxygen atoms in total. The van der Waals surface area contributed by atoms with Gasteiger partial charge in [0.2, 0.25) is 5.91 Å². The Morgan fingerprint density at radius 1 is 0.826 bits per heavy atom. The highest BCUT2D eigenvalue weighted by Gasteiger charge is 2.39. The molecular weight excluding hydrogens is 628 g/mol. The van der Waals surface area contributed by atoms with Gasteiger partial charge < -0.3 is 20.5 Å². The van der Waals surface area contributed by atoms with Crippen molar-refractivity contribution in [1.29, 1.82) is 0 Å². The van der Waals surface area contributed by atoms with Crippen molar-refractivity contribution >= 4 is 29.4 Å². The number of carboxylic acids is 2. The smallest absolute Gasteiger partial charge is 0.475 e. The number of alkyl halides is 6. The molecule has 17 heteroatoms. The maximum atomic E-state index is 13.6. The van der Waals surface area contributed by atoms with E-state index in [1.165, 1.54) is 11.1 Å². The summed E-state index contributed by atoms with van der Waals surface area (Å²) in [6.45, 7) is 12.1. The van der Waals surface area contributed by atoms with E-state index in [9.17, 15) is 35.9 Å². The second-order valence-corrected chi connectivity index (χ2v) is 11.4. The molecule has 3 rings (SSSR count). The maximum Gasteiger partial charge on any atom is 0.490 e. The number of nitrogens with zero attached hydrogens (tertiary/aromatic N) is 3. The number of halogens is 6. The van der Waals surface area contributed by atoms with Crippen molar-refractivity contribution in [1.82, 2.24) is 20.3 Å². The van der Waals surface area contributed by atoms with Crippen LogP contribution in [0.3, 0.4) is 0 Å². The van der Waals surface area contributed by atoms with Crippen molar-refractivity contribution in [3.63, 3.8) is 0 Å². The van der Waals surface area contributed by atoms with Crippen LogP contribution in [0.2, 0.25) is 0 Å². The Hall–Kier alpha value is -4.96. The van der Waals surface area contributed by atoms with E-state index < -0.39 is 41.8 Å². The first-order valence-corrected chi connectivity index (χ1v) is 13.1. The number of pyridine rings is 1. The number of carbonyl (C=O) groups excluding carboxylic acids is 2. The zero-order valence-corrected chi connectivity index (χ0v) is 25.5. The van der Waals surface area contributed by atoms with E-state index in [4.69, 9.17) is 19.8 Å². The lowest BCUT2D eigenvalue weighted by Crippen LogP contribution is -2.49. The second-order valence-electron chi connectivity index (χ2n) is 11.4. The van der Waals surface area contributed by atoms with Crippen LogP contribution in [0.25, 0.3) is 0 Å². The van der Waals surface area contributed by atoms with Crippen LogP contribution in [0.15, 0.2) is 61.2 Å². The van der Waals surface area contributed by atoms with Crippen LogP contribution in [0, 0.1) is 0 Å². The first kappa shape index (κ1) is 39.1. The molecular formula is C29H33F6N5O6. The quantitative estimate of drug-likeness (QED) is 0.254. The van der Waals surface area contributed by atoms with Crippen LogP contribution < -0.4 is 10.2 Å². The fourth-order valence-electron chi connectivity index (χ4n) is 3.40. The molecule has 0 aliphatic rings. The zero-order chi connectivity index (χ0) is 35.7. The number of carbonyl (C=O) groups is 4. The van der Waals surface area contributed by atoms with Crippen LogP contribution in [-0.2, 0) is 19.8 Å². The molecule has 1 unspecified atom stereocenters. The average Bonchev–Trinajstić information content (AvgIpc) is 3.45. The molecule has 0 fully saturated rings. The fourth-order valence-corrected chi connectivity index (χ4v) is 3.40. The van der Waals surface area contributed by atoms with Gasteiger partial charge in [-0.25, -0.2) is 14.6 Å². The zero-order valence-electron chi connectivity index (χ0n) is 25.5. The number of aromatic nitrogens is 3. The summed E-state index contributed by atoms with van der Waals surface area (Å²) in [5.41, 5.74) is 1.81. The molecule has 0 saturated heterocycles. The number of H-pyrrole nitrogens is 1. The number of amides is 2. The molecule has 2 heterocycles. The van der Waals surface area contributed by atoms with Crippen molar-refractivity contribution in [2.75, 3.05) is 4.90 Å². The molecule has 46 heavy (non-hydrogen) atoms. The maximum absolute atomic E-state index is 13.6. The topological polar surface area (TPSA) is 166 Å². The van der Waals surface area contributed by atoms with Gasteiger partial charge in [-0.15, -0.1) is 0 Å². The largest absolute Gasteiger partial charge is 0.490 e. The van der Waals surface area contributed by atoms with Gasteiger partial charge in [0.25, 0.3) is 5.91 Å². The number of rotatable bonds is 5. The summed E-state index contributed by atoms with van der Waals surface area (Å²) in [6, 6.07) is 10.3. The molecule has 1 atom stereocenters.